The largest absolute Gasteiger partial charge is 0.489 e. The van der Waals surface area contributed by atoms with Crippen LogP contribution in [0.2, 0.25) is 0 Å². The van der Waals surface area contributed by atoms with Gasteiger partial charge in [0.25, 0.3) is 0 Å². The molecule has 0 heterocycles. The van der Waals surface area contributed by atoms with Gasteiger partial charge in [0.1, 0.15) is 18.2 Å². The van der Waals surface area contributed by atoms with Gasteiger partial charge in [0, 0.05) is 17.8 Å². The molecule has 23 heavy (non-hydrogen) atoms. The molecule has 3 heteroatoms. The van der Waals surface area contributed by atoms with Gasteiger partial charge in [0.15, 0.2) is 0 Å². The second-order valence-corrected chi connectivity index (χ2v) is 5.22. The van der Waals surface area contributed by atoms with Crippen molar-refractivity contribution in [1.82, 2.24) is 0 Å². The second kappa shape index (κ2) is 6.97. The van der Waals surface area contributed by atoms with E-state index in [1.165, 1.54) is 12.1 Å². The predicted octanol–water partition coefficient (Wildman–Crippen LogP) is 5.16. The van der Waals surface area contributed by atoms with Crippen LogP contribution in [0.4, 0.5) is 10.1 Å². The fraction of sp³-hybridized carbons (Fsp3) is 0.100. The number of rotatable bonds is 6. The van der Waals surface area contributed by atoms with Crippen LogP contribution in [0, 0.1) is 5.82 Å². The van der Waals surface area contributed by atoms with Crippen molar-refractivity contribution in [2.24, 2.45) is 0 Å². The number of nitrogens with one attached hydrogen (secondary N) is 1. The lowest BCUT2D eigenvalue weighted by atomic mass is 10.0. The molecule has 0 aromatic heterocycles. The summed E-state index contributed by atoms with van der Waals surface area (Å²) in [7, 11) is 0. The van der Waals surface area contributed by atoms with E-state index in [0.717, 1.165) is 27.8 Å². The fourth-order valence-electron chi connectivity index (χ4n) is 2.54. The quantitative estimate of drug-likeness (QED) is 0.635. The molecule has 3 aromatic carbocycles. The molecule has 0 unspecified atom stereocenters. The van der Waals surface area contributed by atoms with Gasteiger partial charge in [0.2, 0.25) is 0 Å². The minimum Gasteiger partial charge on any atom is -0.489 e. The molecule has 0 aliphatic heterocycles. The number of hydrogen-bond donors (Lipinski definition) is 1. The van der Waals surface area contributed by atoms with E-state index in [1.807, 2.05) is 18.2 Å². The van der Waals surface area contributed by atoms with E-state index in [0.29, 0.717) is 13.2 Å². The Hall–Kier alpha value is -2.81. The molecule has 0 aliphatic rings. The maximum absolute atomic E-state index is 13.0. The molecular weight excluding hydrogens is 289 g/mol. The molecule has 116 valence electrons. The van der Waals surface area contributed by atoms with Crippen LogP contribution in [-0.2, 0) is 6.54 Å². The molecule has 0 bridgehead atoms. The van der Waals surface area contributed by atoms with Gasteiger partial charge in [0.05, 0.1) is 0 Å². The first-order valence-electron chi connectivity index (χ1n) is 7.51. The van der Waals surface area contributed by atoms with E-state index < -0.39 is 0 Å². The summed E-state index contributed by atoms with van der Waals surface area (Å²) in [4.78, 5) is 0. The Balaban J connectivity index is 1.92. The molecular formula is C20H18FNO. The fourth-order valence-corrected chi connectivity index (χ4v) is 2.54. The predicted molar refractivity (Wildman–Crippen MR) is 93.4 cm³/mol. The highest BCUT2D eigenvalue weighted by atomic mass is 19.1. The summed E-state index contributed by atoms with van der Waals surface area (Å²) in [6.07, 6.45) is 1.73. The number of hydrogen-bond acceptors (Lipinski definition) is 2. The van der Waals surface area contributed by atoms with E-state index >= 15 is 0 Å². The summed E-state index contributed by atoms with van der Waals surface area (Å²) in [5, 5.41) is 5.63. The van der Waals surface area contributed by atoms with Gasteiger partial charge < -0.3 is 10.1 Å². The van der Waals surface area contributed by atoms with Crippen LogP contribution in [-0.4, -0.2) is 6.61 Å². The van der Waals surface area contributed by atoms with Crippen molar-refractivity contribution in [3.05, 3.63) is 84.7 Å². The van der Waals surface area contributed by atoms with Crippen LogP contribution in [0.1, 0.15) is 5.56 Å². The van der Waals surface area contributed by atoms with Gasteiger partial charge in [-0.2, -0.15) is 0 Å². The molecule has 0 aliphatic carbocycles. The Bertz CT molecular complexity index is 811. The van der Waals surface area contributed by atoms with Crippen LogP contribution in [0.5, 0.6) is 5.75 Å². The van der Waals surface area contributed by atoms with Gasteiger partial charge in [-0.1, -0.05) is 43.0 Å². The first kappa shape index (κ1) is 15.1. The van der Waals surface area contributed by atoms with Crippen molar-refractivity contribution < 1.29 is 9.13 Å². The Morgan fingerprint density at radius 3 is 2.57 bits per heavy atom. The van der Waals surface area contributed by atoms with E-state index in [-0.39, 0.29) is 5.82 Å². The zero-order valence-corrected chi connectivity index (χ0v) is 12.8. The highest BCUT2D eigenvalue weighted by Crippen LogP contribution is 2.29. The Morgan fingerprint density at radius 1 is 1.00 bits per heavy atom. The van der Waals surface area contributed by atoms with E-state index in [1.54, 1.807) is 18.2 Å². The number of anilines is 1. The molecule has 1 N–H and O–H groups in total. The molecule has 3 aromatic rings. The number of fused-ring (bicyclic) bond motifs is 1. The molecule has 0 atom stereocenters. The molecule has 0 amide bonds. The summed E-state index contributed by atoms with van der Waals surface area (Å²) < 4.78 is 18.8. The Kier molecular flexibility index (Phi) is 4.57. The van der Waals surface area contributed by atoms with Crippen LogP contribution in [0.3, 0.4) is 0 Å². The third kappa shape index (κ3) is 3.51. The van der Waals surface area contributed by atoms with Crippen LogP contribution < -0.4 is 10.1 Å². The van der Waals surface area contributed by atoms with E-state index in [4.69, 9.17) is 4.74 Å². The molecule has 0 saturated carbocycles. The highest BCUT2D eigenvalue weighted by molar-refractivity contribution is 5.88. The summed E-state index contributed by atoms with van der Waals surface area (Å²) in [5.41, 5.74) is 1.95. The summed E-state index contributed by atoms with van der Waals surface area (Å²) in [6, 6.07) is 18.6. The smallest absolute Gasteiger partial charge is 0.125 e. The lowest BCUT2D eigenvalue weighted by molar-refractivity contribution is 0.360. The van der Waals surface area contributed by atoms with Gasteiger partial charge in [-0.05, 0) is 41.1 Å². The van der Waals surface area contributed by atoms with Crippen molar-refractivity contribution in [3.8, 4) is 5.75 Å². The normalized spacial score (nSPS) is 10.5. The zero-order valence-electron chi connectivity index (χ0n) is 12.8. The maximum atomic E-state index is 13.0. The monoisotopic (exact) mass is 307 g/mol. The lowest BCUT2D eigenvalue weighted by Gasteiger charge is -2.15. The van der Waals surface area contributed by atoms with E-state index in [2.05, 4.69) is 30.1 Å². The molecule has 2 nitrogen and oxygen atoms in total. The first-order chi connectivity index (χ1) is 11.3. The van der Waals surface area contributed by atoms with Crippen molar-refractivity contribution in [2.75, 3.05) is 11.9 Å². The molecule has 0 radical (unpaired) electrons. The standard InChI is InChI=1S/C20H18FNO/c1-2-13-23-20-12-7-15-5-3-4-6-18(15)19(20)14-22-17-10-8-16(21)9-11-17/h2-12,22H,1,13-14H2. The SMILES string of the molecule is C=CCOc1ccc2ccccc2c1CNc1ccc(F)cc1. The second-order valence-electron chi connectivity index (χ2n) is 5.22. The number of halogens is 1. The van der Waals surface area contributed by atoms with Crippen molar-refractivity contribution in [2.45, 2.75) is 6.54 Å². The highest BCUT2D eigenvalue weighted by Gasteiger charge is 2.08. The number of ether oxygens (including phenoxy) is 1. The Labute approximate surface area is 135 Å². The average molecular weight is 307 g/mol. The van der Waals surface area contributed by atoms with Crippen LogP contribution >= 0.6 is 0 Å². The lowest BCUT2D eigenvalue weighted by Crippen LogP contribution is -2.04. The summed E-state index contributed by atoms with van der Waals surface area (Å²) in [5.74, 6) is 0.592. The van der Waals surface area contributed by atoms with Gasteiger partial charge in [-0.3, -0.25) is 0 Å². The summed E-state index contributed by atoms with van der Waals surface area (Å²) >= 11 is 0. The van der Waals surface area contributed by atoms with Crippen LogP contribution in [0.25, 0.3) is 10.8 Å². The summed E-state index contributed by atoms with van der Waals surface area (Å²) in [6.45, 7) is 4.75. The van der Waals surface area contributed by atoms with Crippen molar-refractivity contribution in [1.29, 1.82) is 0 Å². The topological polar surface area (TPSA) is 21.3 Å². The van der Waals surface area contributed by atoms with Gasteiger partial charge >= 0.3 is 0 Å². The molecule has 0 spiro atoms. The molecule has 3 rings (SSSR count). The zero-order chi connectivity index (χ0) is 16.1. The van der Waals surface area contributed by atoms with Crippen LogP contribution in [0.15, 0.2) is 73.3 Å². The average Bonchev–Trinajstić information content (AvgIpc) is 2.59. The van der Waals surface area contributed by atoms with Gasteiger partial charge in [-0.15, -0.1) is 0 Å². The van der Waals surface area contributed by atoms with Gasteiger partial charge in [-0.25, -0.2) is 4.39 Å². The van der Waals surface area contributed by atoms with Crippen molar-refractivity contribution >= 4 is 16.5 Å². The minimum absolute atomic E-state index is 0.240. The minimum atomic E-state index is -0.240. The molecule has 0 fully saturated rings. The molecule has 0 saturated heterocycles. The maximum Gasteiger partial charge on any atom is 0.125 e. The van der Waals surface area contributed by atoms with Crippen molar-refractivity contribution in [3.63, 3.8) is 0 Å². The first-order valence-corrected chi connectivity index (χ1v) is 7.51. The van der Waals surface area contributed by atoms with E-state index in [9.17, 15) is 4.39 Å². The Morgan fingerprint density at radius 2 is 1.78 bits per heavy atom. The third-order valence-electron chi connectivity index (χ3n) is 3.67. The number of benzene rings is 3. The third-order valence-corrected chi connectivity index (χ3v) is 3.67.